The summed E-state index contributed by atoms with van der Waals surface area (Å²) in [7, 11) is 0. The van der Waals surface area contributed by atoms with E-state index in [0.717, 1.165) is 57.0 Å². The van der Waals surface area contributed by atoms with Gasteiger partial charge in [0.2, 0.25) is 0 Å². The van der Waals surface area contributed by atoms with Crippen molar-refractivity contribution in [1.29, 1.82) is 0 Å². The number of rotatable bonds is 4. The van der Waals surface area contributed by atoms with Gasteiger partial charge in [0.05, 0.1) is 0 Å². The van der Waals surface area contributed by atoms with Crippen molar-refractivity contribution in [3.05, 3.63) is 163 Å². The lowest BCUT2D eigenvalue weighted by Crippen LogP contribution is -2.40. The van der Waals surface area contributed by atoms with E-state index in [0.29, 0.717) is 0 Å². The van der Waals surface area contributed by atoms with Gasteiger partial charge in [0.15, 0.2) is 0 Å². The molecule has 0 N–H and O–H groups in total. The molecule has 1 aromatic heterocycles. The van der Waals surface area contributed by atoms with Gasteiger partial charge in [-0.15, -0.1) is 0 Å². The summed E-state index contributed by atoms with van der Waals surface area (Å²) in [6.45, 7) is 0. The SMILES string of the molecule is c1ccc(-c2ccc3c(c2)C2(c4ccc(N(c5ccc6ccccc6c5)c5ccc6c(c5)oc5ccccc56)cc4-3)C3CC4CC(C3)C2C4)cc1. The van der Waals surface area contributed by atoms with Crippen molar-refractivity contribution < 1.29 is 4.42 Å². The summed E-state index contributed by atoms with van der Waals surface area (Å²) in [6, 6.07) is 56.5. The van der Waals surface area contributed by atoms with Crippen LogP contribution in [0.4, 0.5) is 17.1 Å². The van der Waals surface area contributed by atoms with Gasteiger partial charge in [-0.1, -0.05) is 97.1 Å². The number of anilines is 3. The van der Waals surface area contributed by atoms with Crippen LogP contribution in [0.25, 0.3) is 55.0 Å². The Morgan fingerprint density at radius 2 is 1.25 bits per heavy atom. The van der Waals surface area contributed by atoms with Crippen LogP contribution in [0.3, 0.4) is 0 Å². The van der Waals surface area contributed by atoms with Crippen molar-refractivity contribution in [3.63, 3.8) is 0 Å². The fraction of sp³-hybridized carbons (Fsp3) is 0.184. The Balaban J connectivity index is 1.08. The van der Waals surface area contributed by atoms with E-state index in [9.17, 15) is 0 Å². The van der Waals surface area contributed by atoms with E-state index in [1.54, 1.807) is 11.1 Å². The van der Waals surface area contributed by atoms with Crippen LogP contribution in [0, 0.1) is 23.7 Å². The maximum Gasteiger partial charge on any atom is 0.137 e. The summed E-state index contributed by atoms with van der Waals surface area (Å²) in [5, 5.41) is 4.80. The van der Waals surface area contributed by atoms with Gasteiger partial charge in [0.25, 0.3) is 0 Å². The number of benzene rings is 7. The standard InChI is InChI=1S/C49H37NO/c1-2-8-31(9-3-1)34-15-19-40-43-28-38(18-21-44(43)49(46(40)27-34)36-23-30-22-35(25-36)45(49)24-30)50(37-16-14-32-10-4-5-11-33(32)26-37)39-17-20-42-41-12-6-7-13-47(41)51-48(42)29-39/h1-21,26-30,35-36,45H,22-25H2. The third-order valence-electron chi connectivity index (χ3n) is 13.4. The number of furan rings is 1. The number of hydrogen-bond acceptors (Lipinski definition) is 2. The summed E-state index contributed by atoms with van der Waals surface area (Å²) < 4.78 is 6.45. The highest BCUT2D eigenvalue weighted by Gasteiger charge is 2.66. The van der Waals surface area contributed by atoms with Gasteiger partial charge in [-0.2, -0.15) is 0 Å². The zero-order valence-electron chi connectivity index (χ0n) is 28.4. The minimum atomic E-state index is 0.118. The Morgan fingerprint density at radius 3 is 2.18 bits per heavy atom. The van der Waals surface area contributed by atoms with Crippen LogP contribution in [-0.2, 0) is 5.41 Å². The molecule has 5 atom stereocenters. The summed E-state index contributed by atoms with van der Waals surface area (Å²) in [6.07, 6.45) is 5.59. The van der Waals surface area contributed by atoms with E-state index in [-0.39, 0.29) is 5.41 Å². The first-order valence-corrected chi connectivity index (χ1v) is 18.8. The van der Waals surface area contributed by atoms with Crippen LogP contribution in [0.15, 0.2) is 156 Å². The highest BCUT2D eigenvalue weighted by molar-refractivity contribution is 6.06. The Hall–Kier alpha value is -5.60. The van der Waals surface area contributed by atoms with E-state index in [2.05, 4.69) is 150 Å². The first-order chi connectivity index (χ1) is 25.2. The molecule has 7 aromatic carbocycles. The van der Waals surface area contributed by atoms with Crippen LogP contribution in [-0.4, -0.2) is 0 Å². The molecule has 2 heteroatoms. The monoisotopic (exact) mass is 655 g/mol. The molecule has 4 fully saturated rings. The van der Waals surface area contributed by atoms with Crippen LogP contribution in [0.2, 0.25) is 0 Å². The molecule has 51 heavy (non-hydrogen) atoms. The average molecular weight is 656 g/mol. The molecular weight excluding hydrogens is 619 g/mol. The van der Waals surface area contributed by atoms with E-state index < -0.39 is 0 Å². The number of fused-ring (bicyclic) bond motifs is 7. The Bertz CT molecular complexity index is 2700. The molecule has 0 radical (unpaired) electrons. The minimum absolute atomic E-state index is 0.118. The third kappa shape index (κ3) is 3.83. The molecule has 0 amide bonds. The van der Waals surface area contributed by atoms with E-state index >= 15 is 0 Å². The van der Waals surface area contributed by atoms with Crippen molar-refractivity contribution in [2.24, 2.45) is 23.7 Å². The largest absolute Gasteiger partial charge is 0.456 e. The van der Waals surface area contributed by atoms with Gasteiger partial charge >= 0.3 is 0 Å². The quantitative estimate of drug-likeness (QED) is 0.188. The van der Waals surface area contributed by atoms with Crippen molar-refractivity contribution in [2.75, 3.05) is 4.90 Å². The fourth-order valence-electron chi connectivity index (χ4n) is 11.6. The molecule has 4 bridgehead atoms. The molecular formula is C49H37NO. The third-order valence-corrected chi connectivity index (χ3v) is 13.4. The normalized spacial score (nSPS) is 23.8. The van der Waals surface area contributed by atoms with Crippen LogP contribution < -0.4 is 4.90 Å². The van der Waals surface area contributed by atoms with E-state index in [1.807, 2.05) is 6.07 Å². The molecule has 1 heterocycles. The lowest BCUT2D eigenvalue weighted by molar-refractivity contribution is 0.191. The molecule has 0 aliphatic heterocycles. The van der Waals surface area contributed by atoms with Gasteiger partial charge in [0.1, 0.15) is 11.2 Å². The van der Waals surface area contributed by atoms with Gasteiger partial charge < -0.3 is 9.32 Å². The molecule has 13 rings (SSSR count). The van der Waals surface area contributed by atoms with Gasteiger partial charge in [-0.3, -0.25) is 0 Å². The first kappa shape index (κ1) is 28.1. The number of para-hydroxylation sites is 1. The summed E-state index contributed by atoms with van der Waals surface area (Å²) >= 11 is 0. The minimum Gasteiger partial charge on any atom is -0.456 e. The second kappa shape index (κ2) is 10.2. The van der Waals surface area contributed by atoms with Crippen molar-refractivity contribution in [2.45, 2.75) is 31.1 Å². The smallest absolute Gasteiger partial charge is 0.137 e. The molecule has 4 saturated carbocycles. The van der Waals surface area contributed by atoms with Gasteiger partial charge in [-0.25, -0.2) is 0 Å². The average Bonchev–Trinajstić information content (AvgIpc) is 3.86. The fourth-order valence-corrected chi connectivity index (χ4v) is 11.6. The topological polar surface area (TPSA) is 16.4 Å². The molecule has 0 saturated heterocycles. The van der Waals surface area contributed by atoms with Crippen LogP contribution >= 0.6 is 0 Å². The zero-order valence-corrected chi connectivity index (χ0v) is 28.4. The summed E-state index contributed by atoms with van der Waals surface area (Å²) in [4.78, 5) is 2.44. The van der Waals surface area contributed by atoms with Crippen molar-refractivity contribution in [3.8, 4) is 22.3 Å². The van der Waals surface area contributed by atoms with Gasteiger partial charge in [-0.05, 0) is 142 Å². The highest BCUT2D eigenvalue weighted by Crippen LogP contribution is 2.73. The van der Waals surface area contributed by atoms with Crippen LogP contribution in [0.1, 0.15) is 36.8 Å². The second-order valence-corrected chi connectivity index (χ2v) is 15.7. The van der Waals surface area contributed by atoms with Crippen LogP contribution in [0.5, 0.6) is 0 Å². The molecule has 8 aromatic rings. The Kier molecular flexibility index (Phi) is 5.65. The lowest BCUT2D eigenvalue weighted by Gasteiger charge is -2.44. The molecule has 5 aliphatic carbocycles. The molecule has 244 valence electrons. The summed E-state index contributed by atoms with van der Waals surface area (Å²) in [5.74, 6) is 3.25. The first-order valence-electron chi connectivity index (χ1n) is 18.8. The van der Waals surface area contributed by atoms with Crippen molar-refractivity contribution in [1.82, 2.24) is 0 Å². The zero-order chi connectivity index (χ0) is 33.3. The maximum absolute atomic E-state index is 6.45. The predicted octanol–water partition coefficient (Wildman–Crippen LogP) is 13.2. The van der Waals surface area contributed by atoms with E-state index in [4.69, 9.17) is 4.42 Å². The maximum atomic E-state index is 6.45. The second-order valence-electron chi connectivity index (χ2n) is 15.7. The Labute approximate surface area is 298 Å². The highest BCUT2D eigenvalue weighted by atomic mass is 16.3. The van der Waals surface area contributed by atoms with Gasteiger partial charge in [0, 0.05) is 39.3 Å². The molecule has 5 unspecified atom stereocenters. The van der Waals surface area contributed by atoms with Crippen molar-refractivity contribution >= 4 is 49.8 Å². The van der Waals surface area contributed by atoms with E-state index in [1.165, 1.54) is 64.4 Å². The molecule has 1 spiro atoms. The number of nitrogens with zero attached hydrogens (tertiary/aromatic N) is 1. The predicted molar refractivity (Wildman–Crippen MR) is 210 cm³/mol. The molecule has 5 aliphatic rings. The Morgan fingerprint density at radius 1 is 0.490 bits per heavy atom. The summed E-state index contributed by atoms with van der Waals surface area (Å²) in [5.41, 5.74) is 14.1. The number of hydrogen-bond donors (Lipinski definition) is 0. The molecule has 2 nitrogen and oxygen atoms in total. The lowest BCUT2D eigenvalue weighted by atomic mass is 9.59.